The van der Waals surface area contributed by atoms with Crippen molar-refractivity contribution >= 4 is 29.0 Å². The highest BCUT2D eigenvalue weighted by Crippen LogP contribution is 2.24. The highest BCUT2D eigenvalue weighted by Gasteiger charge is 2.06. The second-order valence-electron chi connectivity index (χ2n) is 5.69. The molecule has 0 unspecified atom stereocenters. The molecule has 0 spiro atoms. The molecule has 6 heteroatoms. The van der Waals surface area contributed by atoms with Crippen molar-refractivity contribution < 1.29 is 9.90 Å². The number of para-hydroxylation sites is 1. The number of benzene rings is 2. The van der Waals surface area contributed by atoms with E-state index in [4.69, 9.17) is 5.11 Å². The summed E-state index contributed by atoms with van der Waals surface area (Å²) in [5, 5.41) is 15.5. The van der Waals surface area contributed by atoms with Crippen molar-refractivity contribution in [2.75, 3.05) is 10.6 Å². The number of nitrogens with zero attached hydrogens (tertiary/aromatic N) is 2. The van der Waals surface area contributed by atoms with Crippen LogP contribution in [0.25, 0.3) is 0 Å². The summed E-state index contributed by atoms with van der Waals surface area (Å²) in [6.45, 7) is 4.07. The fraction of sp³-hybridized carbons (Fsp3) is 0.105. The molecule has 25 heavy (non-hydrogen) atoms. The lowest BCUT2D eigenvalue weighted by atomic mass is 10.1. The third-order valence-corrected chi connectivity index (χ3v) is 3.78. The lowest BCUT2D eigenvalue weighted by molar-refractivity contribution is 0.0697. The Kier molecular flexibility index (Phi) is 4.61. The number of hydrogen-bond acceptors (Lipinski definition) is 5. The number of aryl methyl sites for hydroxylation is 2. The van der Waals surface area contributed by atoms with Crippen LogP contribution in [-0.2, 0) is 0 Å². The summed E-state index contributed by atoms with van der Waals surface area (Å²) in [6, 6.07) is 14.4. The van der Waals surface area contributed by atoms with Crippen LogP contribution in [0.15, 0.2) is 54.9 Å². The molecule has 0 radical (unpaired) electrons. The fourth-order valence-corrected chi connectivity index (χ4v) is 2.51. The van der Waals surface area contributed by atoms with E-state index in [1.165, 1.54) is 6.33 Å². The zero-order chi connectivity index (χ0) is 17.8. The highest BCUT2D eigenvalue weighted by atomic mass is 16.4. The molecule has 3 aromatic rings. The molecular weight excluding hydrogens is 316 g/mol. The van der Waals surface area contributed by atoms with Gasteiger partial charge in [0.15, 0.2) is 0 Å². The van der Waals surface area contributed by atoms with Crippen LogP contribution in [0, 0.1) is 13.8 Å². The van der Waals surface area contributed by atoms with E-state index >= 15 is 0 Å². The Bertz CT molecular complexity index is 905. The minimum Gasteiger partial charge on any atom is -0.478 e. The van der Waals surface area contributed by atoms with Gasteiger partial charge in [-0.25, -0.2) is 14.8 Å². The number of carbonyl (C=O) groups is 1. The van der Waals surface area contributed by atoms with Gasteiger partial charge in [-0.2, -0.15) is 0 Å². The normalized spacial score (nSPS) is 10.3. The lowest BCUT2D eigenvalue weighted by Crippen LogP contribution is -2.02. The van der Waals surface area contributed by atoms with Gasteiger partial charge in [0.25, 0.3) is 0 Å². The Morgan fingerprint density at radius 3 is 2.24 bits per heavy atom. The van der Waals surface area contributed by atoms with E-state index < -0.39 is 5.97 Å². The van der Waals surface area contributed by atoms with Crippen molar-refractivity contribution in [3.8, 4) is 0 Å². The van der Waals surface area contributed by atoms with Crippen molar-refractivity contribution in [1.29, 1.82) is 0 Å². The number of nitrogens with one attached hydrogen (secondary N) is 2. The van der Waals surface area contributed by atoms with Crippen molar-refractivity contribution in [3.05, 3.63) is 71.5 Å². The molecule has 0 saturated carbocycles. The monoisotopic (exact) mass is 334 g/mol. The summed E-state index contributed by atoms with van der Waals surface area (Å²) < 4.78 is 0. The van der Waals surface area contributed by atoms with E-state index in [1.807, 2.05) is 32.0 Å². The largest absolute Gasteiger partial charge is 0.478 e. The first-order valence-electron chi connectivity index (χ1n) is 7.78. The predicted molar refractivity (Wildman–Crippen MR) is 97.9 cm³/mol. The van der Waals surface area contributed by atoms with Crippen LogP contribution >= 0.6 is 0 Å². The van der Waals surface area contributed by atoms with Gasteiger partial charge in [0.05, 0.1) is 5.56 Å². The van der Waals surface area contributed by atoms with Crippen LogP contribution in [0.5, 0.6) is 0 Å². The second kappa shape index (κ2) is 7.00. The minimum absolute atomic E-state index is 0.216. The molecule has 6 nitrogen and oxygen atoms in total. The summed E-state index contributed by atoms with van der Waals surface area (Å²) in [4.78, 5) is 19.5. The van der Waals surface area contributed by atoms with E-state index in [2.05, 4.69) is 20.6 Å². The van der Waals surface area contributed by atoms with Gasteiger partial charge < -0.3 is 15.7 Å². The lowest BCUT2D eigenvalue weighted by Gasteiger charge is -2.13. The summed E-state index contributed by atoms with van der Waals surface area (Å²) in [5.41, 5.74) is 4.13. The van der Waals surface area contributed by atoms with Crippen molar-refractivity contribution in [1.82, 2.24) is 9.97 Å². The molecule has 0 saturated heterocycles. The zero-order valence-corrected chi connectivity index (χ0v) is 13.9. The van der Waals surface area contributed by atoms with Crippen LogP contribution in [0.1, 0.15) is 21.5 Å². The number of anilines is 4. The summed E-state index contributed by atoms with van der Waals surface area (Å²) in [5.74, 6) is 0.263. The van der Waals surface area contributed by atoms with Gasteiger partial charge in [-0.3, -0.25) is 0 Å². The average Bonchev–Trinajstić information content (AvgIpc) is 2.59. The highest BCUT2D eigenvalue weighted by molar-refractivity contribution is 5.89. The number of aromatic nitrogens is 2. The van der Waals surface area contributed by atoms with Crippen LogP contribution in [0.3, 0.4) is 0 Å². The van der Waals surface area contributed by atoms with E-state index in [1.54, 1.807) is 30.3 Å². The molecule has 0 aliphatic heterocycles. The smallest absolute Gasteiger partial charge is 0.335 e. The molecule has 3 rings (SSSR count). The zero-order valence-electron chi connectivity index (χ0n) is 13.9. The first kappa shape index (κ1) is 16.4. The Balaban J connectivity index is 1.82. The topological polar surface area (TPSA) is 87.1 Å². The van der Waals surface area contributed by atoms with Crippen molar-refractivity contribution in [2.24, 2.45) is 0 Å². The Labute approximate surface area is 145 Å². The molecular formula is C19H18N4O2. The Morgan fingerprint density at radius 1 is 0.920 bits per heavy atom. The quantitative estimate of drug-likeness (QED) is 0.645. The molecule has 0 bridgehead atoms. The van der Waals surface area contributed by atoms with Crippen LogP contribution < -0.4 is 10.6 Å². The van der Waals surface area contributed by atoms with E-state index in [9.17, 15) is 4.79 Å². The molecule has 126 valence electrons. The maximum absolute atomic E-state index is 11.1. The van der Waals surface area contributed by atoms with E-state index in [0.29, 0.717) is 17.3 Å². The fourth-order valence-electron chi connectivity index (χ4n) is 2.51. The van der Waals surface area contributed by atoms with Gasteiger partial charge in [-0.1, -0.05) is 24.3 Å². The first-order valence-corrected chi connectivity index (χ1v) is 7.78. The molecule has 1 aromatic heterocycles. The Hall–Kier alpha value is -3.41. The molecule has 0 atom stereocenters. The maximum atomic E-state index is 11.1. The molecule has 0 aliphatic rings. The number of hydrogen-bond donors (Lipinski definition) is 3. The van der Waals surface area contributed by atoms with Gasteiger partial charge in [-0.15, -0.1) is 0 Å². The van der Waals surface area contributed by atoms with Gasteiger partial charge in [-0.05, 0) is 43.2 Å². The van der Waals surface area contributed by atoms with Gasteiger partial charge in [0.2, 0.25) is 0 Å². The first-order chi connectivity index (χ1) is 12.0. The average molecular weight is 334 g/mol. The second-order valence-corrected chi connectivity index (χ2v) is 5.69. The van der Waals surface area contributed by atoms with Gasteiger partial charge in [0.1, 0.15) is 18.0 Å². The summed E-state index contributed by atoms with van der Waals surface area (Å²) >= 11 is 0. The SMILES string of the molecule is Cc1cccc(C)c1Nc1cc(Nc2cccc(C(=O)O)c2)ncn1. The molecule has 1 heterocycles. The molecule has 0 amide bonds. The summed E-state index contributed by atoms with van der Waals surface area (Å²) in [7, 11) is 0. The third kappa shape index (κ3) is 3.92. The minimum atomic E-state index is -0.969. The van der Waals surface area contributed by atoms with Crippen LogP contribution in [0.2, 0.25) is 0 Å². The van der Waals surface area contributed by atoms with E-state index in [0.717, 1.165) is 16.8 Å². The Morgan fingerprint density at radius 2 is 1.56 bits per heavy atom. The number of carboxylic acid groups (broad SMARTS) is 1. The standard InChI is InChI=1S/C19H18N4O2/c1-12-5-3-6-13(2)18(12)23-17-10-16(20-11-21-17)22-15-8-4-7-14(9-15)19(24)25/h3-11H,1-2H3,(H,24,25)(H2,20,21,22,23). The predicted octanol–water partition coefficient (Wildman–Crippen LogP) is 4.28. The molecule has 3 N–H and O–H groups in total. The third-order valence-electron chi connectivity index (χ3n) is 3.78. The van der Waals surface area contributed by atoms with Crippen LogP contribution in [-0.4, -0.2) is 21.0 Å². The van der Waals surface area contributed by atoms with E-state index in [-0.39, 0.29) is 5.56 Å². The maximum Gasteiger partial charge on any atom is 0.335 e. The number of rotatable bonds is 5. The van der Waals surface area contributed by atoms with Crippen molar-refractivity contribution in [3.63, 3.8) is 0 Å². The molecule has 0 aliphatic carbocycles. The van der Waals surface area contributed by atoms with Gasteiger partial charge >= 0.3 is 5.97 Å². The molecule has 2 aromatic carbocycles. The van der Waals surface area contributed by atoms with Gasteiger partial charge in [0, 0.05) is 17.4 Å². The number of carboxylic acids is 1. The summed E-state index contributed by atoms with van der Waals surface area (Å²) in [6.07, 6.45) is 1.46. The molecule has 0 fully saturated rings. The van der Waals surface area contributed by atoms with Crippen LogP contribution in [0.4, 0.5) is 23.0 Å². The number of aromatic carboxylic acids is 1. The van der Waals surface area contributed by atoms with Crippen molar-refractivity contribution in [2.45, 2.75) is 13.8 Å².